The van der Waals surface area contributed by atoms with Crippen LogP contribution in [0.3, 0.4) is 0 Å². The first-order valence-corrected chi connectivity index (χ1v) is 5.77. The normalized spacial score (nSPS) is 12.7. The van der Waals surface area contributed by atoms with Crippen LogP contribution in [0.4, 0.5) is 0 Å². The first kappa shape index (κ1) is 12.3. The van der Waals surface area contributed by atoms with Crippen molar-refractivity contribution in [2.45, 2.75) is 6.92 Å². The standard InChI is InChI=1S/C13H12BrCl/c1-3-7-11(13(15)4-2)10-8-5-6-9-12(10)14/h3-9H,1H2,2H3/b11-7?,13-4+. The molecule has 0 aromatic heterocycles. The molecule has 0 saturated carbocycles. The third kappa shape index (κ3) is 3.08. The van der Waals surface area contributed by atoms with Gasteiger partial charge in [-0.3, -0.25) is 0 Å². The molecule has 0 heterocycles. The molecule has 0 atom stereocenters. The molecule has 0 spiro atoms. The van der Waals surface area contributed by atoms with Crippen molar-refractivity contribution in [3.05, 3.63) is 64.1 Å². The lowest BCUT2D eigenvalue weighted by atomic mass is 10.0. The third-order valence-corrected chi connectivity index (χ3v) is 3.07. The molecule has 0 fully saturated rings. The average Bonchev–Trinajstić information content (AvgIpc) is 2.26. The van der Waals surface area contributed by atoms with Crippen LogP contribution in [-0.4, -0.2) is 0 Å². The molecule has 1 rings (SSSR count). The predicted octanol–water partition coefficient (Wildman–Crippen LogP) is 5.16. The fourth-order valence-electron chi connectivity index (χ4n) is 1.25. The Morgan fingerprint density at radius 2 is 2.07 bits per heavy atom. The van der Waals surface area contributed by atoms with Gasteiger partial charge in [-0.25, -0.2) is 0 Å². The summed E-state index contributed by atoms with van der Waals surface area (Å²) in [6.07, 6.45) is 5.51. The fourth-order valence-corrected chi connectivity index (χ4v) is 1.91. The molecule has 78 valence electrons. The first-order chi connectivity index (χ1) is 7.20. The van der Waals surface area contributed by atoms with Gasteiger partial charge in [0.25, 0.3) is 0 Å². The summed E-state index contributed by atoms with van der Waals surface area (Å²) >= 11 is 9.64. The molecule has 0 aliphatic carbocycles. The van der Waals surface area contributed by atoms with Gasteiger partial charge in [-0.2, -0.15) is 0 Å². The average molecular weight is 284 g/mol. The second kappa shape index (κ2) is 5.94. The highest BCUT2D eigenvalue weighted by Gasteiger charge is 2.07. The molecule has 0 nitrogen and oxygen atoms in total. The van der Waals surface area contributed by atoms with Gasteiger partial charge in [0.05, 0.1) is 0 Å². The Bertz CT molecular complexity index is 416. The maximum atomic E-state index is 6.14. The minimum atomic E-state index is 0.724. The van der Waals surface area contributed by atoms with Crippen molar-refractivity contribution in [3.63, 3.8) is 0 Å². The molecule has 0 aliphatic heterocycles. The Morgan fingerprint density at radius 1 is 1.40 bits per heavy atom. The zero-order valence-electron chi connectivity index (χ0n) is 8.50. The van der Waals surface area contributed by atoms with Crippen molar-refractivity contribution >= 4 is 33.1 Å². The third-order valence-electron chi connectivity index (χ3n) is 1.96. The first-order valence-electron chi connectivity index (χ1n) is 4.60. The molecule has 1 aromatic rings. The van der Waals surface area contributed by atoms with Crippen LogP contribution in [0.2, 0.25) is 0 Å². The van der Waals surface area contributed by atoms with E-state index in [0.717, 1.165) is 20.6 Å². The van der Waals surface area contributed by atoms with Crippen molar-refractivity contribution in [1.29, 1.82) is 0 Å². The van der Waals surface area contributed by atoms with Gasteiger partial charge in [0.1, 0.15) is 0 Å². The molecule has 0 aliphatic rings. The molecule has 0 N–H and O–H groups in total. The summed E-state index contributed by atoms with van der Waals surface area (Å²) in [6, 6.07) is 7.97. The van der Waals surface area contributed by atoms with Crippen molar-refractivity contribution in [1.82, 2.24) is 0 Å². The van der Waals surface area contributed by atoms with Gasteiger partial charge < -0.3 is 0 Å². The summed E-state index contributed by atoms with van der Waals surface area (Å²) in [6.45, 7) is 5.61. The number of halogens is 2. The highest BCUT2D eigenvalue weighted by atomic mass is 79.9. The van der Waals surface area contributed by atoms with Crippen LogP contribution in [0.5, 0.6) is 0 Å². The summed E-state index contributed by atoms with van der Waals surface area (Å²) in [5.74, 6) is 0. The Morgan fingerprint density at radius 3 is 2.60 bits per heavy atom. The summed E-state index contributed by atoms with van der Waals surface area (Å²) < 4.78 is 1.03. The Hall–Kier alpha value is -0.790. The number of hydrogen-bond donors (Lipinski definition) is 0. The lowest BCUT2D eigenvalue weighted by Crippen LogP contribution is -1.86. The zero-order chi connectivity index (χ0) is 11.3. The molecule has 1 aromatic carbocycles. The van der Waals surface area contributed by atoms with E-state index in [9.17, 15) is 0 Å². The summed E-state index contributed by atoms with van der Waals surface area (Å²) in [5, 5.41) is 0.724. The van der Waals surface area contributed by atoms with Crippen LogP contribution in [0, 0.1) is 0 Å². The summed E-state index contributed by atoms with van der Waals surface area (Å²) in [5.41, 5.74) is 2.04. The van der Waals surface area contributed by atoms with Crippen LogP contribution >= 0.6 is 27.5 Å². The highest BCUT2D eigenvalue weighted by molar-refractivity contribution is 9.10. The van der Waals surface area contributed by atoms with Crippen LogP contribution in [0.25, 0.3) is 5.57 Å². The second-order valence-corrected chi connectivity index (χ2v) is 4.19. The topological polar surface area (TPSA) is 0 Å². The molecule has 0 amide bonds. The number of benzene rings is 1. The van der Waals surface area contributed by atoms with Gasteiger partial charge in [0.2, 0.25) is 0 Å². The van der Waals surface area contributed by atoms with E-state index >= 15 is 0 Å². The maximum absolute atomic E-state index is 6.14. The van der Waals surface area contributed by atoms with Gasteiger partial charge in [0, 0.05) is 15.1 Å². The minimum absolute atomic E-state index is 0.724. The van der Waals surface area contributed by atoms with E-state index in [1.807, 2.05) is 43.3 Å². The summed E-state index contributed by atoms with van der Waals surface area (Å²) in [7, 11) is 0. The molecule has 15 heavy (non-hydrogen) atoms. The quantitative estimate of drug-likeness (QED) is 0.672. The Labute approximate surface area is 104 Å². The largest absolute Gasteiger partial charge is 0.0990 e. The highest BCUT2D eigenvalue weighted by Crippen LogP contribution is 2.31. The van der Waals surface area contributed by atoms with E-state index in [2.05, 4.69) is 22.5 Å². The van der Waals surface area contributed by atoms with Gasteiger partial charge >= 0.3 is 0 Å². The lowest BCUT2D eigenvalue weighted by Gasteiger charge is -2.07. The Balaban J connectivity index is 3.29. The smallest absolute Gasteiger partial charge is 0.0442 e. The van der Waals surface area contributed by atoms with Gasteiger partial charge in [-0.05, 0) is 18.6 Å². The molecule has 2 heteroatoms. The Kier molecular flexibility index (Phi) is 4.86. The van der Waals surface area contributed by atoms with Crippen LogP contribution in [-0.2, 0) is 0 Å². The van der Waals surface area contributed by atoms with Gasteiger partial charge in [-0.15, -0.1) is 0 Å². The van der Waals surface area contributed by atoms with Crippen LogP contribution < -0.4 is 0 Å². The fraction of sp³-hybridized carbons (Fsp3) is 0.0769. The SMILES string of the molecule is C=CC=C(/C(Cl)=C\C)c1ccccc1Br. The molecule has 0 bridgehead atoms. The predicted molar refractivity (Wildman–Crippen MR) is 71.9 cm³/mol. The van der Waals surface area contributed by atoms with Crippen molar-refractivity contribution in [2.75, 3.05) is 0 Å². The number of hydrogen-bond acceptors (Lipinski definition) is 0. The van der Waals surface area contributed by atoms with Gasteiger partial charge in [0.15, 0.2) is 0 Å². The van der Waals surface area contributed by atoms with E-state index in [4.69, 9.17) is 11.6 Å². The van der Waals surface area contributed by atoms with E-state index in [1.54, 1.807) is 6.08 Å². The van der Waals surface area contributed by atoms with Crippen molar-refractivity contribution in [2.24, 2.45) is 0 Å². The second-order valence-electron chi connectivity index (χ2n) is 2.93. The van der Waals surface area contributed by atoms with Gasteiger partial charge in [-0.1, -0.05) is 70.5 Å². The lowest BCUT2D eigenvalue weighted by molar-refractivity contribution is 1.55. The maximum Gasteiger partial charge on any atom is 0.0442 e. The molecule has 0 saturated heterocycles. The number of allylic oxidation sites excluding steroid dienone is 5. The van der Waals surface area contributed by atoms with E-state index in [0.29, 0.717) is 0 Å². The molecular weight excluding hydrogens is 272 g/mol. The van der Waals surface area contributed by atoms with E-state index in [-0.39, 0.29) is 0 Å². The van der Waals surface area contributed by atoms with Crippen LogP contribution in [0.1, 0.15) is 12.5 Å². The van der Waals surface area contributed by atoms with Crippen LogP contribution in [0.15, 0.2) is 58.6 Å². The molecule has 0 radical (unpaired) electrons. The van der Waals surface area contributed by atoms with E-state index < -0.39 is 0 Å². The molecular formula is C13H12BrCl. The molecule has 0 unspecified atom stereocenters. The van der Waals surface area contributed by atoms with Crippen molar-refractivity contribution in [3.8, 4) is 0 Å². The number of rotatable bonds is 3. The van der Waals surface area contributed by atoms with Crippen molar-refractivity contribution < 1.29 is 0 Å². The monoisotopic (exact) mass is 282 g/mol. The minimum Gasteiger partial charge on any atom is -0.0990 e. The summed E-state index contributed by atoms with van der Waals surface area (Å²) in [4.78, 5) is 0. The zero-order valence-corrected chi connectivity index (χ0v) is 10.8. The van der Waals surface area contributed by atoms with E-state index in [1.165, 1.54) is 0 Å².